The van der Waals surface area contributed by atoms with Gasteiger partial charge in [0.1, 0.15) is 5.82 Å². The molecule has 2 rings (SSSR count). The molecule has 2 atom stereocenters. The highest BCUT2D eigenvalue weighted by Gasteiger charge is 2.27. The Morgan fingerprint density at radius 2 is 1.90 bits per heavy atom. The van der Waals surface area contributed by atoms with E-state index in [1.165, 1.54) is 0 Å². The summed E-state index contributed by atoms with van der Waals surface area (Å²) in [5.74, 6) is 1.03. The van der Waals surface area contributed by atoms with E-state index in [1.54, 1.807) is 0 Å². The molecule has 0 radical (unpaired) electrons. The van der Waals surface area contributed by atoms with Gasteiger partial charge in [0.05, 0.1) is 10.7 Å². The van der Waals surface area contributed by atoms with Crippen molar-refractivity contribution in [2.75, 3.05) is 25.0 Å². The molecule has 1 aromatic rings. The van der Waals surface area contributed by atoms with Crippen LogP contribution in [0.1, 0.15) is 33.4 Å². The zero-order chi connectivity index (χ0) is 15.6. The minimum Gasteiger partial charge on any atom is -0.353 e. The molecular formula is C16H27ClN4. The van der Waals surface area contributed by atoms with Crippen molar-refractivity contribution in [1.82, 2.24) is 15.2 Å². The maximum Gasteiger partial charge on any atom is 0.129 e. The van der Waals surface area contributed by atoms with E-state index in [0.717, 1.165) is 29.6 Å². The van der Waals surface area contributed by atoms with Crippen molar-refractivity contribution in [2.45, 2.75) is 52.4 Å². The van der Waals surface area contributed by atoms with Gasteiger partial charge in [-0.25, -0.2) is 4.98 Å². The number of nitrogens with zero attached hydrogens (tertiary/aromatic N) is 3. The Morgan fingerprint density at radius 1 is 1.29 bits per heavy atom. The van der Waals surface area contributed by atoms with Gasteiger partial charge in [0.25, 0.3) is 0 Å². The molecule has 0 aromatic carbocycles. The number of aromatic nitrogens is 1. The van der Waals surface area contributed by atoms with Crippen LogP contribution >= 0.6 is 11.6 Å². The van der Waals surface area contributed by atoms with E-state index in [-0.39, 0.29) is 0 Å². The predicted octanol–water partition coefficient (Wildman–Crippen LogP) is 2.76. The van der Waals surface area contributed by atoms with Gasteiger partial charge >= 0.3 is 0 Å². The molecule has 1 fully saturated rings. The Bertz CT molecular complexity index is 465. The highest BCUT2D eigenvalue weighted by molar-refractivity contribution is 6.31. The summed E-state index contributed by atoms with van der Waals surface area (Å²) in [5.41, 5.74) is 0.933. The first-order chi connectivity index (χ1) is 9.88. The average Bonchev–Trinajstić information content (AvgIpc) is 2.43. The smallest absolute Gasteiger partial charge is 0.129 e. The van der Waals surface area contributed by atoms with E-state index in [1.807, 2.05) is 12.1 Å². The maximum absolute atomic E-state index is 6.27. The van der Waals surface area contributed by atoms with E-state index >= 15 is 0 Å². The van der Waals surface area contributed by atoms with Gasteiger partial charge in [-0.3, -0.25) is 4.90 Å². The van der Waals surface area contributed by atoms with Gasteiger partial charge in [-0.15, -0.1) is 0 Å². The fourth-order valence-corrected chi connectivity index (χ4v) is 2.84. The summed E-state index contributed by atoms with van der Waals surface area (Å²) in [6.45, 7) is 11.5. The first kappa shape index (κ1) is 16.5. The standard InChI is InChI=1S/C16H27ClN4/c1-11(2)18-8-15-14(17)6-7-16(19-15)21-9-12(3)20(5)13(4)10-21/h6-7,11-13,18H,8-10H2,1-5H3. The van der Waals surface area contributed by atoms with Crippen molar-refractivity contribution in [1.29, 1.82) is 0 Å². The van der Waals surface area contributed by atoms with Crippen LogP contribution < -0.4 is 10.2 Å². The van der Waals surface area contributed by atoms with Crippen LogP contribution in [0.5, 0.6) is 0 Å². The van der Waals surface area contributed by atoms with Crippen molar-refractivity contribution in [3.8, 4) is 0 Å². The van der Waals surface area contributed by atoms with E-state index < -0.39 is 0 Å². The molecule has 1 aromatic heterocycles. The zero-order valence-corrected chi connectivity index (χ0v) is 14.5. The first-order valence-corrected chi connectivity index (χ1v) is 8.12. The van der Waals surface area contributed by atoms with Crippen molar-refractivity contribution < 1.29 is 0 Å². The second-order valence-corrected chi connectivity index (χ2v) is 6.81. The number of hydrogen-bond donors (Lipinski definition) is 1. The Labute approximate surface area is 133 Å². The molecule has 0 aliphatic carbocycles. The predicted molar refractivity (Wildman–Crippen MR) is 90.1 cm³/mol. The largest absolute Gasteiger partial charge is 0.353 e. The lowest BCUT2D eigenvalue weighted by Gasteiger charge is -2.43. The first-order valence-electron chi connectivity index (χ1n) is 7.74. The summed E-state index contributed by atoms with van der Waals surface area (Å²) in [4.78, 5) is 9.56. The molecule has 0 bridgehead atoms. The summed E-state index contributed by atoms with van der Waals surface area (Å²) in [6.07, 6.45) is 0. The molecule has 1 aliphatic rings. The third-order valence-corrected chi connectivity index (χ3v) is 4.61. The van der Waals surface area contributed by atoms with Crippen molar-refractivity contribution in [3.05, 3.63) is 22.8 Å². The van der Waals surface area contributed by atoms with E-state index in [4.69, 9.17) is 16.6 Å². The van der Waals surface area contributed by atoms with Gasteiger partial charge in [0, 0.05) is 37.8 Å². The van der Waals surface area contributed by atoms with Gasteiger partial charge in [-0.1, -0.05) is 25.4 Å². The molecule has 0 saturated carbocycles. The third-order valence-electron chi connectivity index (χ3n) is 4.27. The Kier molecular flexibility index (Phi) is 5.47. The summed E-state index contributed by atoms with van der Waals surface area (Å²) in [5, 5.41) is 4.12. The fraction of sp³-hybridized carbons (Fsp3) is 0.688. The zero-order valence-electron chi connectivity index (χ0n) is 13.7. The molecule has 1 aliphatic heterocycles. The average molecular weight is 311 g/mol. The minimum absolute atomic E-state index is 0.426. The molecule has 1 saturated heterocycles. The Morgan fingerprint density at radius 3 is 2.48 bits per heavy atom. The van der Waals surface area contributed by atoms with Crippen LogP contribution in [0.4, 0.5) is 5.82 Å². The number of halogens is 1. The van der Waals surface area contributed by atoms with E-state index in [2.05, 4.69) is 49.9 Å². The molecule has 5 heteroatoms. The normalized spacial score (nSPS) is 23.9. The molecule has 4 nitrogen and oxygen atoms in total. The van der Waals surface area contributed by atoms with Gasteiger partial charge in [0.15, 0.2) is 0 Å². The van der Waals surface area contributed by atoms with Crippen LogP contribution in [-0.4, -0.2) is 48.1 Å². The van der Waals surface area contributed by atoms with Crippen molar-refractivity contribution in [3.63, 3.8) is 0 Å². The molecule has 118 valence electrons. The highest BCUT2D eigenvalue weighted by atomic mass is 35.5. The monoisotopic (exact) mass is 310 g/mol. The number of pyridine rings is 1. The molecule has 2 heterocycles. The van der Waals surface area contributed by atoms with E-state index in [0.29, 0.717) is 24.7 Å². The molecule has 0 amide bonds. The molecule has 21 heavy (non-hydrogen) atoms. The van der Waals surface area contributed by atoms with Crippen LogP contribution in [0, 0.1) is 0 Å². The van der Waals surface area contributed by atoms with Crippen LogP contribution in [0.2, 0.25) is 5.02 Å². The summed E-state index contributed by atoms with van der Waals surface area (Å²) in [7, 11) is 2.19. The lowest BCUT2D eigenvalue weighted by Crippen LogP contribution is -2.55. The maximum atomic E-state index is 6.27. The van der Waals surface area contributed by atoms with Crippen LogP contribution in [0.25, 0.3) is 0 Å². The van der Waals surface area contributed by atoms with Gasteiger partial charge in [0.2, 0.25) is 0 Å². The third kappa shape index (κ3) is 4.09. The number of rotatable bonds is 4. The lowest BCUT2D eigenvalue weighted by atomic mass is 10.1. The van der Waals surface area contributed by atoms with Gasteiger partial charge in [-0.2, -0.15) is 0 Å². The van der Waals surface area contributed by atoms with Gasteiger partial charge < -0.3 is 10.2 Å². The molecule has 0 spiro atoms. The highest BCUT2D eigenvalue weighted by Crippen LogP contribution is 2.23. The molecule has 2 unspecified atom stereocenters. The molecule has 1 N–H and O–H groups in total. The SMILES string of the molecule is CC(C)NCc1nc(N2CC(C)N(C)C(C)C2)ccc1Cl. The summed E-state index contributed by atoms with van der Waals surface area (Å²) >= 11 is 6.27. The van der Waals surface area contributed by atoms with Crippen LogP contribution in [-0.2, 0) is 6.54 Å². The number of anilines is 1. The molecular weight excluding hydrogens is 284 g/mol. The number of nitrogens with one attached hydrogen (secondary N) is 1. The van der Waals surface area contributed by atoms with Crippen molar-refractivity contribution >= 4 is 17.4 Å². The minimum atomic E-state index is 0.426. The second-order valence-electron chi connectivity index (χ2n) is 6.40. The van der Waals surface area contributed by atoms with E-state index in [9.17, 15) is 0 Å². The Hall–Kier alpha value is -0.840. The second kappa shape index (κ2) is 6.95. The number of hydrogen-bond acceptors (Lipinski definition) is 4. The summed E-state index contributed by atoms with van der Waals surface area (Å²) < 4.78 is 0. The van der Waals surface area contributed by atoms with Gasteiger partial charge in [-0.05, 0) is 33.0 Å². The summed E-state index contributed by atoms with van der Waals surface area (Å²) in [6, 6.07) is 5.49. The van der Waals surface area contributed by atoms with Crippen LogP contribution in [0.15, 0.2) is 12.1 Å². The topological polar surface area (TPSA) is 31.4 Å². The van der Waals surface area contributed by atoms with Crippen molar-refractivity contribution in [2.24, 2.45) is 0 Å². The van der Waals surface area contributed by atoms with Crippen LogP contribution in [0.3, 0.4) is 0 Å². The Balaban J connectivity index is 2.14. The lowest BCUT2D eigenvalue weighted by molar-refractivity contribution is 0.169. The fourth-order valence-electron chi connectivity index (χ4n) is 2.67. The quantitative estimate of drug-likeness (QED) is 0.926. The number of likely N-dealkylation sites (N-methyl/N-ethyl adjacent to an activating group) is 1. The number of piperazine rings is 1.